The molecule has 2 aromatic heterocycles. The predicted octanol–water partition coefficient (Wildman–Crippen LogP) is 2.40. The maximum absolute atomic E-state index is 13.9. The molecule has 2 bridgehead atoms. The molecule has 4 rings (SSSR count). The summed E-state index contributed by atoms with van der Waals surface area (Å²) in [5.41, 5.74) is 1.16. The number of rotatable bonds is 4. The van der Waals surface area contributed by atoms with Gasteiger partial charge in [-0.05, 0) is 25.0 Å². The predicted molar refractivity (Wildman–Crippen MR) is 98.7 cm³/mol. The summed E-state index contributed by atoms with van der Waals surface area (Å²) in [5, 5.41) is 11.4. The molecule has 2 fully saturated rings. The van der Waals surface area contributed by atoms with Crippen molar-refractivity contribution in [3.05, 3.63) is 42.1 Å². The van der Waals surface area contributed by atoms with Gasteiger partial charge < -0.3 is 14.6 Å². The molecule has 8 nitrogen and oxygen atoms in total. The van der Waals surface area contributed by atoms with Crippen LogP contribution in [-0.2, 0) is 23.1 Å². The summed E-state index contributed by atoms with van der Waals surface area (Å²) in [5.74, 6) is -3.13. The first-order valence-electron chi connectivity index (χ1n) is 9.55. The largest absolute Gasteiger partial charge is 0.490 e. The molecule has 31 heavy (non-hydrogen) atoms. The van der Waals surface area contributed by atoms with Crippen LogP contribution in [-0.4, -0.2) is 68.3 Å². The highest BCUT2D eigenvalue weighted by atomic mass is 19.4. The van der Waals surface area contributed by atoms with Crippen LogP contribution in [0.5, 0.6) is 5.88 Å². The second-order valence-electron chi connectivity index (χ2n) is 7.22. The zero-order chi connectivity index (χ0) is 22.6. The molecule has 1 N–H and O–H groups in total. The lowest BCUT2D eigenvalue weighted by Gasteiger charge is -2.30. The van der Waals surface area contributed by atoms with Gasteiger partial charge in [0.15, 0.2) is 5.82 Å². The average Bonchev–Trinajstić information content (AvgIpc) is 3.23. The van der Waals surface area contributed by atoms with Crippen molar-refractivity contribution in [2.24, 2.45) is 7.05 Å². The Morgan fingerprint density at radius 1 is 1.39 bits per heavy atom. The number of fused-ring (bicyclic) bond motifs is 2. The van der Waals surface area contributed by atoms with Gasteiger partial charge in [-0.1, -0.05) is 0 Å². The number of carbonyl (C=O) groups is 1. The summed E-state index contributed by atoms with van der Waals surface area (Å²) in [6, 6.07) is 3.13. The number of ether oxygens (including phenoxy) is 2. The zero-order valence-electron chi connectivity index (χ0n) is 16.6. The van der Waals surface area contributed by atoms with Crippen molar-refractivity contribution in [2.45, 2.75) is 43.8 Å². The van der Waals surface area contributed by atoms with Gasteiger partial charge in [0, 0.05) is 44.1 Å². The summed E-state index contributed by atoms with van der Waals surface area (Å²) < 4.78 is 59.4. The minimum atomic E-state index is -5.08. The zero-order valence-corrected chi connectivity index (χ0v) is 16.6. The molecule has 0 spiro atoms. The van der Waals surface area contributed by atoms with E-state index in [1.165, 1.54) is 6.07 Å². The van der Waals surface area contributed by atoms with Gasteiger partial charge in [-0.2, -0.15) is 18.3 Å². The fraction of sp³-hybridized carbons (Fsp3) is 0.526. The van der Waals surface area contributed by atoms with E-state index in [0.29, 0.717) is 6.61 Å². The van der Waals surface area contributed by atoms with E-state index in [4.69, 9.17) is 19.4 Å². The van der Waals surface area contributed by atoms with E-state index in [9.17, 15) is 17.6 Å². The number of hydrogen-bond acceptors (Lipinski definition) is 6. The summed E-state index contributed by atoms with van der Waals surface area (Å²) in [4.78, 5) is 15.3. The van der Waals surface area contributed by atoms with Gasteiger partial charge in [0.25, 0.3) is 5.88 Å². The third-order valence-electron chi connectivity index (χ3n) is 5.03. The van der Waals surface area contributed by atoms with Gasteiger partial charge in [0.2, 0.25) is 0 Å². The van der Waals surface area contributed by atoms with Gasteiger partial charge in [0.1, 0.15) is 6.10 Å². The second-order valence-corrected chi connectivity index (χ2v) is 7.22. The highest BCUT2D eigenvalue weighted by Gasteiger charge is 2.44. The van der Waals surface area contributed by atoms with Crippen molar-refractivity contribution >= 4 is 5.97 Å². The Bertz CT molecular complexity index is 892. The lowest BCUT2D eigenvalue weighted by atomic mass is 10.1. The number of carboxylic acids is 1. The van der Waals surface area contributed by atoms with E-state index in [2.05, 4.69) is 15.0 Å². The molecule has 2 aromatic rings. The average molecular weight is 446 g/mol. The summed E-state index contributed by atoms with van der Waals surface area (Å²) in [6.07, 6.45) is 2.06. The minimum absolute atomic E-state index is 0.00435. The molecule has 0 radical (unpaired) electrons. The molecule has 3 atom stereocenters. The molecule has 2 aliphatic rings. The van der Waals surface area contributed by atoms with Crippen LogP contribution in [0, 0.1) is 5.82 Å². The monoisotopic (exact) mass is 446 g/mol. The van der Waals surface area contributed by atoms with E-state index in [-0.39, 0.29) is 24.1 Å². The van der Waals surface area contributed by atoms with Crippen molar-refractivity contribution in [2.75, 3.05) is 13.2 Å². The van der Waals surface area contributed by atoms with Gasteiger partial charge in [-0.3, -0.25) is 9.58 Å². The lowest BCUT2D eigenvalue weighted by Crippen LogP contribution is -2.44. The highest BCUT2D eigenvalue weighted by Crippen LogP contribution is 2.33. The third kappa shape index (κ3) is 5.91. The molecule has 3 unspecified atom stereocenters. The van der Waals surface area contributed by atoms with E-state index in [1.807, 2.05) is 19.4 Å². The Hall–Kier alpha value is -2.73. The number of carboxylic acid groups (broad SMARTS) is 1. The molecule has 3 heterocycles. The molecule has 1 saturated carbocycles. The number of pyridine rings is 1. The van der Waals surface area contributed by atoms with Crippen molar-refractivity contribution in [1.29, 1.82) is 0 Å². The van der Waals surface area contributed by atoms with Gasteiger partial charge in [0.05, 0.1) is 18.9 Å². The van der Waals surface area contributed by atoms with Crippen molar-refractivity contribution < 1.29 is 36.9 Å². The van der Waals surface area contributed by atoms with Crippen LogP contribution in [0.2, 0.25) is 0 Å². The molecule has 0 amide bonds. The third-order valence-corrected chi connectivity index (χ3v) is 5.03. The minimum Gasteiger partial charge on any atom is -0.475 e. The van der Waals surface area contributed by atoms with E-state index >= 15 is 0 Å². The molecule has 1 aliphatic carbocycles. The van der Waals surface area contributed by atoms with E-state index < -0.39 is 18.0 Å². The quantitative estimate of drug-likeness (QED) is 0.722. The summed E-state index contributed by atoms with van der Waals surface area (Å²) in [6.45, 7) is 2.28. The molecule has 170 valence electrons. The molecule has 1 aliphatic heterocycles. The summed E-state index contributed by atoms with van der Waals surface area (Å²) >= 11 is 0. The normalized spacial score (nSPS) is 23.6. The smallest absolute Gasteiger partial charge is 0.475 e. The maximum Gasteiger partial charge on any atom is 0.490 e. The number of alkyl halides is 3. The van der Waals surface area contributed by atoms with Crippen LogP contribution in [0.1, 0.15) is 18.4 Å². The molecule has 1 saturated heterocycles. The molecule has 12 heteroatoms. The Labute approximate surface area is 175 Å². The Morgan fingerprint density at radius 3 is 2.74 bits per heavy atom. The van der Waals surface area contributed by atoms with Crippen molar-refractivity contribution in [3.63, 3.8) is 0 Å². The topological polar surface area (TPSA) is 89.7 Å². The number of aryl methyl sites for hydroxylation is 1. The summed E-state index contributed by atoms with van der Waals surface area (Å²) in [7, 11) is 1.91. The number of aliphatic carboxylic acids is 1. The molecular formula is C19H22F4N4O4. The van der Waals surface area contributed by atoms with Crippen LogP contribution >= 0.6 is 0 Å². The Morgan fingerprint density at radius 2 is 2.13 bits per heavy atom. The first-order valence-corrected chi connectivity index (χ1v) is 9.55. The SMILES string of the molecule is Cn1cc(CN2CCOC3CCC2C3Oc2ncccc2F)cn1.O=C(O)C(F)(F)F. The van der Waals surface area contributed by atoms with Crippen LogP contribution in [0.15, 0.2) is 30.7 Å². The first-order chi connectivity index (χ1) is 14.6. The van der Waals surface area contributed by atoms with E-state index in [1.54, 1.807) is 16.9 Å². The Kier molecular flexibility index (Phi) is 7.11. The van der Waals surface area contributed by atoms with Crippen LogP contribution < -0.4 is 4.74 Å². The number of hydrogen-bond donors (Lipinski definition) is 1. The van der Waals surface area contributed by atoms with Crippen LogP contribution in [0.3, 0.4) is 0 Å². The number of halogens is 4. The molecular weight excluding hydrogens is 424 g/mol. The molecule has 0 aromatic carbocycles. The maximum atomic E-state index is 13.9. The Balaban J connectivity index is 0.000000339. The van der Waals surface area contributed by atoms with E-state index in [0.717, 1.165) is 31.5 Å². The van der Waals surface area contributed by atoms with Crippen LogP contribution in [0.25, 0.3) is 0 Å². The lowest BCUT2D eigenvalue weighted by molar-refractivity contribution is -0.192. The first kappa shape index (κ1) is 22.9. The standard InChI is InChI=1S/C17H21FN4O2.C2HF3O2/c1-21-10-12(9-20-21)11-22-7-8-23-15-5-4-14(22)16(15)24-17-13(18)3-2-6-19-17;3-2(4,5)1(6)7/h2-3,6,9-10,14-16H,4-5,7-8,11H2,1H3;(H,6,7). The number of nitrogens with zero attached hydrogens (tertiary/aromatic N) is 4. The van der Waals surface area contributed by atoms with Gasteiger partial charge >= 0.3 is 12.1 Å². The number of aromatic nitrogens is 3. The fourth-order valence-electron chi connectivity index (χ4n) is 3.69. The van der Waals surface area contributed by atoms with Gasteiger partial charge in [-0.15, -0.1) is 0 Å². The highest BCUT2D eigenvalue weighted by molar-refractivity contribution is 5.73. The second kappa shape index (κ2) is 9.60. The van der Waals surface area contributed by atoms with Gasteiger partial charge in [-0.25, -0.2) is 14.2 Å². The van der Waals surface area contributed by atoms with Crippen molar-refractivity contribution in [1.82, 2.24) is 19.7 Å². The van der Waals surface area contributed by atoms with Crippen LogP contribution in [0.4, 0.5) is 17.6 Å². The van der Waals surface area contributed by atoms with Crippen molar-refractivity contribution in [3.8, 4) is 5.88 Å². The fourth-order valence-corrected chi connectivity index (χ4v) is 3.69.